The first-order valence-corrected chi connectivity index (χ1v) is 9.18. The van der Waals surface area contributed by atoms with E-state index in [1.165, 1.54) is 0 Å². The van der Waals surface area contributed by atoms with Crippen LogP contribution in [0.5, 0.6) is 0 Å². The molecule has 0 aliphatic carbocycles. The summed E-state index contributed by atoms with van der Waals surface area (Å²) in [6.45, 7) is 0.397. The number of carbonyl (C=O) groups is 5. The van der Waals surface area contributed by atoms with E-state index >= 15 is 0 Å². The molecule has 146 valence electrons. The maximum atomic E-state index is 12.4. The molecule has 2 saturated heterocycles. The molecule has 3 aliphatic heterocycles. The summed E-state index contributed by atoms with van der Waals surface area (Å²) in [4.78, 5) is 61.1. The molecule has 4 rings (SSSR count). The van der Waals surface area contributed by atoms with Crippen molar-refractivity contribution in [3.8, 4) is 0 Å². The van der Waals surface area contributed by atoms with E-state index in [0.717, 1.165) is 0 Å². The van der Waals surface area contributed by atoms with Crippen molar-refractivity contribution >= 4 is 35.3 Å². The van der Waals surface area contributed by atoms with E-state index in [-0.39, 0.29) is 24.3 Å². The SMILES string of the molecule is O=C1CCC(C2CC(C(=O)O)CCN2c2ccc3c(c2)C(=O)NC3=O)C(=O)N1. The molecule has 3 heterocycles. The summed E-state index contributed by atoms with van der Waals surface area (Å²) in [7, 11) is 0. The van der Waals surface area contributed by atoms with Crippen LogP contribution in [0, 0.1) is 11.8 Å². The van der Waals surface area contributed by atoms with Gasteiger partial charge in [-0.25, -0.2) is 0 Å². The molecule has 4 amide bonds. The third kappa shape index (κ3) is 3.02. The van der Waals surface area contributed by atoms with E-state index in [0.29, 0.717) is 30.6 Å². The largest absolute Gasteiger partial charge is 0.481 e. The molecule has 3 N–H and O–H groups in total. The normalized spacial score (nSPS) is 27.3. The number of piperidine rings is 2. The highest BCUT2D eigenvalue weighted by molar-refractivity contribution is 6.21. The minimum Gasteiger partial charge on any atom is -0.481 e. The Labute approximate surface area is 160 Å². The first-order chi connectivity index (χ1) is 13.3. The molecule has 1 aromatic carbocycles. The molecule has 9 heteroatoms. The van der Waals surface area contributed by atoms with Crippen molar-refractivity contribution in [2.24, 2.45) is 11.8 Å². The highest BCUT2D eigenvalue weighted by Crippen LogP contribution is 2.36. The van der Waals surface area contributed by atoms with Crippen LogP contribution in [0.15, 0.2) is 18.2 Å². The van der Waals surface area contributed by atoms with Crippen LogP contribution in [0.2, 0.25) is 0 Å². The summed E-state index contributed by atoms with van der Waals surface area (Å²) in [5, 5.41) is 14.0. The number of rotatable bonds is 3. The zero-order valence-corrected chi connectivity index (χ0v) is 14.9. The number of nitrogens with zero attached hydrogens (tertiary/aromatic N) is 1. The first kappa shape index (κ1) is 18.1. The summed E-state index contributed by atoms with van der Waals surface area (Å²) in [6, 6.07) is 4.46. The van der Waals surface area contributed by atoms with Crippen molar-refractivity contribution < 1.29 is 29.1 Å². The molecule has 0 aromatic heterocycles. The van der Waals surface area contributed by atoms with Gasteiger partial charge in [-0.2, -0.15) is 0 Å². The highest BCUT2D eigenvalue weighted by atomic mass is 16.4. The fourth-order valence-corrected chi connectivity index (χ4v) is 4.34. The molecule has 3 unspecified atom stereocenters. The zero-order valence-electron chi connectivity index (χ0n) is 14.9. The fourth-order valence-electron chi connectivity index (χ4n) is 4.34. The number of carbonyl (C=O) groups excluding carboxylic acids is 4. The van der Waals surface area contributed by atoms with Gasteiger partial charge in [-0.3, -0.25) is 34.6 Å². The minimum absolute atomic E-state index is 0.208. The van der Waals surface area contributed by atoms with E-state index < -0.39 is 41.6 Å². The predicted octanol–water partition coefficient (Wildman–Crippen LogP) is 0.293. The topological polar surface area (TPSA) is 133 Å². The van der Waals surface area contributed by atoms with E-state index in [1.54, 1.807) is 18.2 Å². The van der Waals surface area contributed by atoms with E-state index in [9.17, 15) is 29.1 Å². The van der Waals surface area contributed by atoms with Crippen LogP contribution in [0.4, 0.5) is 5.69 Å². The Bertz CT molecular complexity index is 911. The van der Waals surface area contributed by atoms with Crippen LogP contribution in [0.25, 0.3) is 0 Å². The Morgan fingerprint density at radius 3 is 2.50 bits per heavy atom. The zero-order chi connectivity index (χ0) is 20.0. The summed E-state index contributed by atoms with van der Waals surface area (Å²) >= 11 is 0. The average molecular weight is 385 g/mol. The lowest BCUT2D eigenvalue weighted by Gasteiger charge is -2.44. The number of imide groups is 2. The van der Waals surface area contributed by atoms with Gasteiger partial charge in [-0.05, 0) is 37.5 Å². The van der Waals surface area contributed by atoms with Crippen molar-refractivity contribution in [1.82, 2.24) is 10.6 Å². The van der Waals surface area contributed by atoms with Gasteiger partial charge in [0.25, 0.3) is 11.8 Å². The van der Waals surface area contributed by atoms with Crippen molar-refractivity contribution in [3.05, 3.63) is 29.3 Å². The number of anilines is 1. The van der Waals surface area contributed by atoms with Gasteiger partial charge in [0.2, 0.25) is 11.8 Å². The Morgan fingerprint density at radius 1 is 1.04 bits per heavy atom. The summed E-state index contributed by atoms with van der Waals surface area (Å²) in [6.07, 6.45) is 1.23. The standard InChI is InChI=1S/C19H19N3O6/c23-15-4-3-12(17(25)20-15)14-7-9(19(27)28)5-6-22(14)10-1-2-11-13(8-10)18(26)21-16(11)24/h1-2,8-9,12,14H,3-7H2,(H,27,28)(H,20,23,25)(H,21,24,26). The molecule has 9 nitrogen and oxygen atoms in total. The molecule has 1 aromatic rings. The Hall–Kier alpha value is -3.23. The van der Waals surface area contributed by atoms with Gasteiger partial charge in [-0.1, -0.05) is 0 Å². The van der Waals surface area contributed by atoms with Gasteiger partial charge >= 0.3 is 5.97 Å². The lowest BCUT2D eigenvalue weighted by molar-refractivity contribution is -0.144. The number of nitrogens with one attached hydrogen (secondary N) is 2. The number of amides is 4. The van der Waals surface area contributed by atoms with E-state index in [4.69, 9.17) is 0 Å². The van der Waals surface area contributed by atoms with Crippen LogP contribution in [-0.2, 0) is 14.4 Å². The monoisotopic (exact) mass is 385 g/mol. The number of carboxylic acids is 1. The number of carboxylic acid groups (broad SMARTS) is 1. The summed E-state index contributed by atoms with van der Waals surface area (Å²) in [5.41, 5.74) is 1.22. The number of benzene rings is 1. The van der Waals surface area contributed by atoms with Crippen LogP contribution in [0.3, 0.4) is 0 Å². The van der Waals surface area contributed by atoms with Crippen LogP contribution >= 0.6 is 0 Å². The van der Waals surface area contributed by atoms with Gasteiger partial charge in [0.1, 0.15) is 0 Å². The molecule has 0 saturated carbocycles. The third-order valence-electron chi connectivity index (χ3n) is 5.79. The molecule has 0 radical (unpaired) electrons. The molecule has 3 atom stereocenters. The van der Waals surface area contributed by atoms with Gasteiger partial charge in [-0.15, -0.1) is 0 Å². The van der Waals surface area contributed by atoms with Crippen molar-refractivity contribution in [2.45, 2.75) is 31.7 Å². The first-order valence-electron chi connectivity index (χ1n) is 9.18. The molecule has 0 spiro atoms. The smallest absolute Gasteiger partial charge is 0.306 e. The van der Waals surface area contributed by atoms with Gasteiger partial charge < -0.3 is 10.0 Å². The number of hydrogen-bond acceptors (Lipinski definition) is 6. The van der Waals surface area contributed by atoms with Gasteiger partial charge in [0, 0.05) is 24.7 Å². The van der Waals surface area contributed by atoms with E-state index in [2.05, 4.69) is 10.6 Å². The second-order valence-electron chi connectivity index (χ2n) is 7.39. The number of fused-ring (bicyclic) bond motifs is 1. The Kier molecular flexibility index (Phi) is 4.37. The number of hydrogen-bond donors (Lipinski definition) is 3. The summed E-state index contributed by atoms with van der Waals surface area (Å²) < 4.78 is 0. The number of aliphatic carboxylic acids is 1. The lowest BCUT2D eigenvalue weighted by atomic mass is 9.80. The molecular formula is C19H19N3O6. The fraction of sp³-hybridized carbons (Fsp3) is 0.421. The highest BCUT2D eigenvalue weighted by Gasteiger charge is 2.42. The Balaban J connectivity index is 1.68. The van der Waals surface area contributed by atoms with Crippen molar-refractivity contribution in [1.29, 1.82) is 0 Å². The van der Waals surface area contributed by atoms with Crippen LogP contribution < -0.4 is 15.5 Å². The van der Waals surface area contributed by atoms with Crippen LogP contribution in [-0.4, -0.2) is 47.3 Å². The molecule has 0 bridgehead atoms. The van der Waals surface area contributed by atoms with Gasteiger partial charge in [0.15, 0.2) is 0 Å². The van der Waals surface area contributed by atoms with E-state index in [1.807, 2.05) is 4.90 Å². The quantitative estimate of drug-likeness (QED) is 0.637. The maximum Gasteiger partial charge on any atom is 0.306 e. The average Bonchev–Trinajstić information content (AvgIpc) is 2.95. The maximum absolute atomic E-state index is 12.4. The predicted molar refractivity (Wildman–Crippen MR) is 95.6 cm³/mol. The molecule has 3 aliphatic rings. The molecular weight excluding hydrogens is 366 g/mol. The van der Waals surface area contributed by atoms with Crippen molar-refractivity contribution in [2.75, 3.05) is 11.4 Å². The second kappa shape index (κ2) is 6.74. The molecule has 2 fully saturated rings. The van der Waals surface area contributed by atoms with Crippen LogP contribution in [0.1, 0.15) is 46.4 Å². The second-order valence-corrected chi connectivity index (χ2v) is 7.39. The third-order valence-corrected chi connectivity index (χ3v) is 5.79. The molecule has 28 heavy (non-hydrogen) atoms. The summed E-state index contributed by atoms with van der Waals surface area (Å²) in [5.74, 6) is -3.65. The van der Waals surface area contributed by atoms with Crippen molar-refractivity contribution in [3.63, 3.8) is 0 Å². The lowest BCUT2D eigenvalue weighted by Crippen LogP contribution is -2.55. The Morgan fingerprint density at radius 2 is 1.79 bits per heavy atom. The van der Waals surface area contributed by atoms with Gasteiger partial charge in [0.05, 0.1) is 23.0 Å². The minimum atomic E-state index is -0.907.